The summed E-state index contributed by atoms with van der Waals surface area (Å²) >= 11 is 6.32. The maximum atomic E-state index is 11.9. The van der Waals surface area contributed by atoms with E-state index in [0.29, 0.717) is 48.6 Å². The van der Waals surface area contributed by atoms with E-state index >= 15 is 0 Å². The van der Waals surface area contributed by atoms with Crippen molar-refractivity contribution in [3.8, 4) is 0 Å². The van der Waals surface area contributed by atoms with Gasteiger partial charge in [-0.1, -0.05) is 11.6 Å². The fraction of sp³-hybridized carbons (Fsp3) is 0.667. The maximum Gasteiger partial charge on any atom is 0.409 e. The number of ether oxygens (including phenoxy) is 1. The maximum absolute atomic E-state index is 11.9. The van der Waals surface area contributed by atoms with Crippen molar-refractivity contribution in [1.29, 1.82) is 0 Å². The summed E-state index contributed by atoms with van der Waals surface area (Å²) in [5.74, 6) is 1.03. The minimum absolute atomic E-state index is 0.226. The highest BCUT2D eigenvalue weighted by Gasteiger charge is 2.23. The Hall–Kier alpha value is -2.59. The normalized spacial score (nSPS) is 18.0. The van der Waals surface area contributed by atoms with Gasteiger partial charge in [-0.15, -0.1) is 0 Å². The first-order valence-electron chi connectivity index (χ1n) is 12.7. The molecule has 192 valence electrons. The molecule has 0 bridgehead atoms. The second-order valence-electron chi connectivity index (χ2n) is 9.57. The molecule has 35 heavy (non-hydrogen) atoms. The van der Waals surface area contributed by atoms with Crippen LogP contribution in [0.1, 0.15) is 57.7 Å². The van der Waals surface area contributed by atoms with Crippen LogP contribution >= 0.6 is 11.6 Å². The van der Waals surface area contributed by atoms with Crippen LogP contribution in [-0.2, 0) is 4.74 Å². The quantitative estimate of drug-likeness (QED) is 0.483. The Kier molecular flexibility index (Phi) is 8.67. The second-order valence-corrected chi connectivity index (χ2v) is 9.98. The fourth-order valence-corrected chi connectivity index (χ4v) is 4.71. The van der Waals surface area contributed by atoms with Gasteiger partial charge in [0, 0.05) is 45.0 Å². The number of carbonyl (C=O) groups is 1. The van der Waals surface area contributed by atoms with E-state index in [2.05, 4.69) is 50.2 Å². The molecule has 4 rings (SSSR count). The van der Waals surface area contributed by atoms with Crippen molar-refractivity contribution in [3.63, 3.8) is 0 Å². The van der Waals surface area contributed by atoms with Crippen LogP contribution in [0.3, 0.4) is 0 Å². The van der Waals surface area contributed by atoms with Gasteiger partial charge in [0.1, 0.15) is 10.8 Å². The number of nitrogens with one attached hydrogen (secondary N) is 2. The number of carbonyl (C=O) groups excluding carboxylic acids is 1. The molecule has 2 aliphatic heterocycles. The molecule has 1 amide bonds. The van der Waals surface area contributed by atoms with Crippen molar-refractivity contribution in [3.05, 3.63) is 23.1 Å². The first-order chi connectivity index (χ1) is 16.9. The van der Waals surface area contributed by atoms with Crippen LogP contribution in [0.4, 0.5) is 22.2 Å². The minimum atomic E-state index is -0.226. The van der Waals surface area contributed by atoms with Crippen molar-refractivity contribution in [2.24, 2.45) is 0 Å². The van der Waals surface area contributed by atoms with E-state index in [1.54, 1.807) is 11.1 Å². The summed E-state index contributed by atoms with van der Waals surface area (Å²) < 4.78 is 7.28. The second kappa shape index (κ2) is 11.9. The van der Waals surface area contributed by atoms with E-state index in [1.807, 2.05) is 6.92 Å². The van der Waals surface area contributed by atoms with Gasteiger partial charge in [-0.05, 0) is 52.9 Å². The SMILES string of the molecule is Cc1nn(C2CCN(C(C)C)CC2)cc1Nc1ncc(Cl)c(NCCCN2CCCCOC2=O)n1. The zero-order valence-corrected chi connectivity index (χ0v) is 21.7. The minimum Gasteiger partial charge on any atom is -0.449 e. The first-order valence-corrected chi connectivity index (χ1v) is 13.0. The van der Waals surface area contributed by atoms with E-state index in [1.165, 1.54) is 0 Å². The number of amides is 1. The van der Waals surface area contributed by atoms with Crippen LogP contribution in [0.2, 0.25) is 5.02 Å². The predicted molar refractivity (Wildman–Crippen MR) is 138 cm³/mol. The molecule has 0 aromatic carbocycles. The largest absolute Gasteiger partial charge is 0.449 e. The standard InChI is InChI=1S/C24H37ClN8O2/c1-17(2)31-12-7-19(8-13-31)33-16-21(18(3)30-33)28-23-27-15-20(25)22(29-23)26-9-6-11-32-10-4-5-14-35-24(32)34/h15-17,19H,4-14H2,1-3H3,(H2,26,27,28,29). The van der Waals surface area contributed by atoms with Gasteiger partial charge in [0.15, 0.2) is 0 Å². The monoisotopic (exact) mass is 504 g/mol. The molecule has 4 heterocycles. The van der Waals surface area contributed by atoms with E-state index in [0.717, 1.165) is 63.1 Å². The Morgan fingerprint density at radius 3 is 2.80 bits per heavy atom. The summed E-state index contributed by atoms with van der Waals surface area (Å²) in [6.07, 6.45) is 8.26. The Morgan fingerprint density at radius 2 is 2.03 bits per heavy atom. The number of anilines is 3. The molecule has 0 spiro atoms. The van der Waals surface area contributed by atoms with E-state index in [9.17, 15) is 4.79 Å². The summed E-state index contributed by atoms with van der Waals surface area (Å²) in [5.41, 5.74) is 1.80. The van der Waals surface area contributed by atoms with Crippen molar-refractivity contribution < 1.29 is 9.53 Å². The number of aromatic nitrogens is 4. The lowest BCUT2D eigenvalue weighted by molar-refractivity contribution is 0.116. The van der Waals surface area contributed by atoms with Gasteiger partial charge in [0.05, 0.1) is 30.2 Å². The molecular weight excluding hydrogens is 468 g/mol. The number of hydrogen-bond donors (Lipinski definition) is 2. The molecule has 0 unspecified atom stereocenters. The third kappa shape index (κ3) is 6.76. The lowest BCUT2D eigenvalue weighted by Gasteiger charge is -2.34. The summed E-state index contributed by atoms with van der Waals surface area (Å²) in [6, 6.07) is 0.993. The Bertz CT molecular complexity index is 990. The summed E-state index contributed by atoms with van der Waals surface area (Å²) in [4.78, 5) is 25.1. The average molecular weight is 505 g/mol. The van der Waals surface area contributed by atoms with E-state index in [4.69, 9.17) is 21.4 Å². The highest BCUT2D eigenvalue weighted by molar-refractivity contribution is 6.32. The number of cyclic esters (lactones) is 1. The number of aryl methyl sites for hydroxylation is 1. The zero-order valence-electron chi connectivity index (χ0n) is 21.0. The molecule has 2 N–H and O–H groups in total. The van der Waals surface area contributed by atoms with E-state index in [-0.39, 0.29) is 6.09 Å². The molecular formula is C24H37ClN8O2. The number of piperidine rings is 1. The lowest BCUT2D eigenvalue weighted by Crippen LogP contribution is -2.39. The van der Waals surface area contributed by atoms with Crippen molar-refractivity contribution >= 4 is 35.1 Å². The van der Waals surface area contributed by atoms with Gasteiger partial charge in [0.2, 0.25) is 5.95 Å². The highest BCUT2D eigenvalue weighted by Crippen LogP contribution is 2.27. The Balaban J connectivity index is 1.31. The van der Waals surface area contributed by atoms with Gasteiger partial charge in [0.25, 0.3) is 0 Å². The van der Waals surface area contributed by atoms with Crippen LogP contribution in [0, 0.1) is 6.92 Å². The topological polar surface area (TPSA) is 100 Å². The van der Waals surface area contributed by atoms with Gasteiger partial charge < -0.3 is 25.2 Å². The molecule has 11 heteroatoms. The predicted octanol–water partition coefficient (Wildman–Crippen LogP) is 4.46. The zero-order chi connectivity index (χ0) is 24.8. The van der Waals surface area contributed by atoms with Crippen LogP contribution < -0.4 is 10.6 Å². The van der Waals surface area contributed by atoms with Gasteiger partial charge >= 0.3 is 6.09 Å². The van der Waals surface area contributed by atoms with Crippen LogP contribution in [-0.4, -0.2) is 81.0 Å². The summed E-state index contributed by atoms with van der Waals surface area (Å²) in [5, 5.41) is 11.8. The number of nitrogens with zero attached hydrogens (tertiary/aromatic N) is 6. The molecule has 0 radical (unpaired) electrons. The molecule has 0 aliphatic carbocycles. The Labute approximate surface area is 212 Å². The summed E-state index contributed by atoms with van der Waals surface area (Å²) in [6.45, 7) is 11.2. The highest BCUT2D eigenvalue weighted by atomic mass is 35.5. The van der Waals surface area contributed by atoms with Crippen molar-refractivity contribution in [1.82, 2.24) is 29.5 Å². The molecule has 2 aliphatic rings. The lowest BCUT2D eigenvalue weighted by atomic mass is 10.0. The van der Waals surface area contributed by atoms with Crippen LogP contribution in [0.5, 0.6) is 0 Å². The molecule has 0 saturated carbocycles. The summed E-state index contributed by atoms with van der Waals surface area (Å²) in [7, 11) is 0. The molecule has 2 saturated heterocycles. The first kappa shape index (κ1) is 25.5. The third-order valence-corrected chi connectivity index (χ3v) is 6.99. The van der Waals surface area contributed by atoms with Gasteiger partial charge in [-0.2, -0.15) is 10.1 Å². The average Bonchev–Trinajstić information content (AvgIpc) is 3.08. The smallest absolute Gasteiger partial charge is 0.409 e. The van der Waals surface area contributed by atoms with Crippen molar-refractivity contribution in [2.45, 2.75) is 65.0 Å². The number of rotatable bonds is 9. The fourth-order valence-electron chi connectivity index (χ4n) is 4.56. The van der Waals surface area contributed by atoms with Gasteiger partial charge in [-0.3, -0.25) is 4.68 Å². The molecule has 10 nitrogen and oxygen atoms in total. The van der Waals surface area contributed by atoms with Crippen LogP contribution in [0.25, 0.3) is 0 Å². The third-order valence-electron chi connectivity index (χ3n) is 6.71. The molecule has 2 fully saturated rings. The van der Waals surface area contributed by atoms with Crippen LogP contribution in [0.15, 0.2) is 12.4 Å². The molecule has 0 atom stereocenters. The van der Waals surface area contributed by atoms with E-state index < -0.39 is 0 Å². The van der Waals surface area contributed by atoms with Crippen molar-refractivity contribution in [2.75, 3.05) is 50.0 Å². The molecule has 2 aromatic heterocycles. The Morgan fingerprint density at radius 1 is 1.23 bits per heavy atom. The number of likely N-dealkylation sites (tertiary alicyclic amines) is 1. The van der Waals surface area contributed by atoms with Gasteiger partial charge in [-0.25, -0.2) is 9.78 Å². The molecule has 2 aromatic rings. The number of hydrogen-bond acceptors (Lipinski definition) is 8. The number of halogens is 1.